The van der Waals surface area contributed by atoms with E-state index in [0.717, 1.165) is 70.6 Å². The summed E-state index contributed by atoms with van der Waals surface area (Å²) >= 11 is 0. The van der Waals surface area contributed by atoms with Crippen molar-refractivity contribution in [1.29, 1.82) is 0 Å². The Morgan fingerprint density at radius 2 is 1.17 bits per heavy atom. The number of rotatable bonds is 39. The summed E-state index contributed by atoms with van der Waals surface area (Å²) in [4.78, 5) is 40.8. The van der Waals surface area contributed by atoms with E-state index in [0.29, 0.717) is 45.4 Å². The molecule has 4 atom stereocenters. The summed E-state index contributed by atoms with van der Waals surface area (Å²) in [6, 6.07) is -0.379. The van der Waals surface area contributed by atoms with Gasteiger partial charge in [0.15, 0.2) is 6.29 Å². The molecule has 1 heterocycles. The lowest BCUT2D eigenvalue weighted by Gasteiger charge is -2.45. The Hall–Kier alpha value is -2.23. The molecule has 4 unspecified atom stereocenters. The molecule has 1 aliphatic rings. The van der Waals surface area contributed by atoms with Crippen LogP contribution in [0, 0.1) is 11.8 Å². The molecule has 58 heavy (non-hydrogen) atoms. The molecule has 1 saturated heterocycles. The Labute approximate surface area is 355 Å². The minimum absolute atomic E-state index is 0.0796. The maximum atomic E-state index is 13.5. The lowest BCUT2D eigenvalue weighted by molar-refractivity contribution is -0.177. The van der Waals surface area contributed by atoms with Crippen molar-refractivity contribution in [2.24, 2.45) is 11.8 Å². The van der Waals surface area contributed by atoms with E-state index in [9.17, 15) is 19.5 Å². The van der Waals surface area contributed by atoms with Crippen molar-refractivity contribution in [3.63, 3.8) is 0 Å². The highest BCUT2D eigenvalue weighted by Crippen LogP contribution is 2.32. The predicted molar refractivity (Wildman–Crippen MR) is 238 cm³/mol. The molecule has 9 heteroatoms. The van der Waals surface area contributed by atoms with Crippen molar-refractivity contribution in [2.75, 3.05) is 33.4 Å². The molecule has 0 bridgehead atoms. The first kappa shape index (κ1) is 53.8. The summed E-state index contributed by atoms with van der Waals surface area (Å²) < 4.78 is 24.2. The van der Waals surface area contributed by atoms with Crippen LogP contribution in [0.15, 0.2) is 24.3 Å². The van der Waals surface area contributed by atoms with Gasteiger partial charge >= 0.3 is 17.9 Å². The van der Waals surface area contributed by atoms with Crippen molar-refractivity contribution in [3.8, 4) is 0 Å². The minimum Gasteiger partial charge on any atom is -0.481 e. The zero-order chi connectivity index (χ0) is 42.5. The van der Waals surface area contributed by atoms with Gasteiger partial charge in [-0.25, -0.2) is 0 Å². The topological polar surface area (TPSA) is 112 Å². The number of hydrogen-bond donors (Lipinski definition) is 1. The van der Waals surface area contributed by atoms with Crippen LogP contribution >= 0.6 is 0 Å². The highest BCUT2D eigenvalue weighted by atomic mass is 16.7. The second-order valence-corrected chi connectivity index (χ2v) is 16.7. The third-order valence-electron chi connectivity index (χ3n) is 11.6. The molecule has 0 amide bonds. The van der Waals surface area contributed by atoms with Crippen LogP contribution in [-0.2, 0) is 33.3 Å². The number of carboxylic acids is 1. The smallest absolute Gasteiger partial charge is 0.310 e. The molecule has 9 nitrogen and oxygen atoms in total. The number of likely N-dealkylation sites (tertiary alicyclic amines) is 1. The SMILES string of the molecule is CCCCC/C=C\C/C=C\CCCCCCCC(=O)OCC(CC)C1C(OC(=O)CCC(OCCCCCCCC)OCCCCCCCC)C(C(=O)O)CCN1C. The van der Waals surface area contributed by atoms with Crippen LogP contribution in [0.2, 0.25) is 0 Å². The molecule has 1 rings (SSSR count). The van der Waals surface area contributed by atoms with E-state index in [1.54, 1.807) is 0 Å². The van der Waals surface area contributed by atoms with E-state index >= 15 is 0 Å². The molecule has 1 aliphatic heterocycles. The second kappa shape index (κ2) is 37.7. The van der Waals surface area contributed by atoms with Crippen molar-refractivity contribution in [3.05, 3.63) is 24.3 Å². The number of nitrogens with zero attached hydrogens (tertiary/aromatic N) is 1. The Morgan fingerprint density at radius 1 is 0.655 bits per heavy atom. The van der Waals surface area contributed by atoms with E-state index in [-0.39, 0.29) is 31.0 Å². The van der Waals surface area contributed by atoms with Crippen LogP contribution in [0.5, 0.6) is 0 Å². The van der Waals surface area contributed by atoms with Crippen molar-refractivity contribution in [1.82, 2.24) is 4.90 Å². The van der Waals surface area contributed by atoms with Gasteiger partial charge in [-0.15, -0.1) is 0 Å². The number of esters is 2. The average molecular weight is 820 g/mol. The number of carboxylic acid groups (broad SMARTS) is 1. The van der Waals surface area contributed by atoms with Gasteiger partial charge in [-0.1, -0.05) is 148 Å². The van der Waals surface area contributed by atoms with Gasteiger partial charge in [0.2, 0.25) is 0 Å². The summed E-state index contributed by atoms with van der Waals surface area (Å²) in [5.74, 6) is -2.63. The van der Waals surface area contributed by atoms with Crippen LogP contribution < -0.4 is 0 Å². The molecule has 0 saturated carbocycles. The van der Waals surface area contributed by atoms with E-state index < -0.39 is 30.3 Å². The number of likely N-dealkylation sites (N-methyl/N-ethyl adjacent to an activating group) is 1. The van der Waals surface area contributed by atoms with Gasteiger partial charge in [0.1, 0.15) is 6.10 Å². The van der Waals surface area contributed by atoms with Crippen LogP contribution in [-0.4, -0.2) is 79.8 Å². The van der Waals surface area contributed by atoms with Crippen LogP contribution in [0.3, 0.4) is 0 Å². The number of carbonyl (C=O) groups is 3. The zero-order valence-corrected chi connectivity index (χ0v) is 38.1. The first-order valence-electron chi connectivity index (χ1n) is 24.1. The number of hydrogen-bond acceptors (Lipinski definition) is 8. The molecule has 338 valence electrons. The van der Waals surface area contributed by atoms with Gasteiger partial charge in [0, 0.05) is 32.0 Å². The quantitative estimate of drug-likeness (QED) is 0.0280. The third-order valence-corrected chi connectivity index (χ3v) is 11.6. The monoisotopic (exact) mass is 820 g/mol. The van der Waals surface area contributed by atoms with E-state index in [1.165, 1.54) is 77.0 Å². The van der Waals surface area contributed by atoms with Gasteiger partial charge in [-0.05, 0) is 77.8 Å². The summed E-state index contributed by atoms with van der Waals surface area (Å²) in [6.45, 7) is 10.6. The number of carbonyl (C=O) groups excluding carboxylic acids is 2. The van der Waals surface area contributed by atoms with Crippen molar-refractivity contribution >= 4 is 17.9 Å². The predicted octanol–water partition coefficient (Wildman–Crippen LogP) is 12.5. The maximum absolute atomic E-state index is 13.5. The number of piperidine rings is 1. The molecule has 1 N–H and O–H groups in total. The van der Waals surface area contributed by atoms with Gasteiger partial charge in [-0.3, -0.25) is 19.3 Å². The lowest BCUT2D eigenvalue weighted by Crippen LogP contribution is -2.58. The maximum Gasteiger partial charge on any atom is 0.310 e. The molecular formula is C49H89NO8. The van der Waals surface area contributed by atoms with Crippen molar-refractivity contribution in [2.45, 2.75) is 226 Å². The van der Waals surface area contributed by atoms with E-state index in [1.807, 2.05) is 14.0 Å². The summed E-state index contributed by atoms with van der Waals surface area (Å²) in [6.07, 6.45) is 36.0. The standard InChI is InChI=1S/C49H89NO8/c1-6-10-13-16-19-20-21-22-23-24-25-26-27-28-31-34-44(51)57-41-42(9-4)47-48(43(49(53)54)37-38-50(47)5)58-45(52)35-36-46(55-39-32-29-17-14-11-7-2)56-40-33-30-18-15-12-8-3/h19-20,22-23,42-43,46-48H,6-18,21,24-41H2,1-5H3,(H,53,54)/b20-19-,23-22-. The first-order valence-corrected chi connectivity index (χ1v) is 24.1. The van der Waals surface area contributed by atoms with Crippen molar-refractivity contribution < 1.29 is 38.4 Å². The number of allylic oxidation sites excluding steroid dienone is 4. The second-order valence-electron chi connectivity index (χ2n) is 16.7. The van der Waals surface area contributed by atoms with Gasteiger partial charge in [0.25, 0.3) is 0 Å². The fourth-order valence-electron chi connectivity index (χ4n) is 7.86. The largest absolute Gasteiger partial charge is 0.481 e. The Bertz CT molecular complexity index is 1050. The van der Waals surface area contributed by atoms with Crippen LogP contribution in [0.4, 0.5) is 0 Å². The molecule has 1 fully saturated rings. The van der Waals surface area contributed by atoms with Gasteiger partial charge in [-0.2, -0.15) is 0 Å². The Balaban J connectivity index is 2.62. The lowest BCUT2D eigenvalue weighted by atomic mass is 9.80. The fraction of sp³-hybridized carbons (Fsp3) is 0.857. The first-order chi connectivity index (χ1) is 28.3. The zero-order valence-electron chi connectivity index (χ0n) is 38.1. The summed E-state index contributed by atoms with van der Waals surface area (Å²) in [7, 11) is 1.94. The minimum atomic E-state index is -0.966. The van der Waals surface area contributed by atoms with Gasteiger partial charge < -0.3 is 24.1 Å². The highest BCUT2D eigenvalue weighted by molar-refractivity contribution is 5.73. The third kappa shape index (κ3) is 27.5. The number of ether oxygens (including phenoxy) is 4. The Kier molecular flexibility index (Phi) is 35.0. The molecular weight excluding hydrogens is 731 g/mol. The molecule has 0 aliphatic carbocycles. The van der Waals surface area contributed by atoms with Crippen LogP contribution in [0.1, 0.15) is 207 Å². The Morgan fingerprint density at radius 3 is 1.74 bits per heavy atom. The molecule has 0 aromatic carbocycles. The normalized spacial score (nSPS) is 18.1. The average Bonchev–Trinajstić information content (AvgIpc) is 3.21. The summed E-state index contributed by atoms with van der Waals surface area (Å²) in [5, 5.41) is 10.2. The van der Waals surface area contributed by atoms with E-state index in [2.05, 4.69) is 50.0 Å². The number of unbranched alkanes of at least 4 members (excludes halogenated alkanes) is 18. The molecule has 0 aromatic rings. The molecule has 0 radical (unpaired) electrons. The highest BCUT2D eigenvalue weighted by Gasteiger charge is 2.46. The molecule has 0 aromatic heterocycles. The van der Waals surface area contributed by atoms with Gasteiger partial charge in [0.05, 0.1) is 25.0 Å². The molecule has 0 spiro atoms. The van der Waals surface area contributed by atoms with Crippen LogP contribution in [0.25, 0.3) is 0 Å². The van der Waals surface area contributed by atoms with E-state index in [4.69, 9.17) is 18.9 Å². The fourth-order valence-corrected chi connectivity index (χ4v) is 7.86. The summed E-state index contributed by atoms with van der Waals surface area (Å²) in [5.41, 5.74) is 0. The number of aliphatic carboxylic acids is 1.